The number of unbranched alkanes of at least 4 members (excludes halogenated alkanes) is 1. The van der Waals surface area contributed by atoms with E-state index >= 15 is 0 Å². The van der Waals surface area contributed by atoms with Gasteiger partial charge in [0, 0.05) is 38.1 Å². The largest absolute Gasteiger partial charge is 0.357 e. The van der Waals surface area contributed by atoms with Gasteiger partial charge in [0.15, 0.2) is 5.96 Å². The first-order chi connectivity index (χ1) is 13.8. The first-order valence-electron chi connectivity index (χ1n) is 10.8. The highest BCUT2D eigenvalue weighted by molar-refractivity contribution is 5.80. The van der Waals surface area contributed by atoms with E-state index in [0.717, 1.165) is 44.3 Å². The highest BCUT2D eigenvalue weighted by Gasteiger charge is 2.22. The number of hydrogen-bond acceptors (Lipinski definition) is 2. The molecule has 0 spiro atoms. The maximum Gasteiger partial charge on any atom is 0.191 e. The topological polar surface area (TPSA) is 54.2 Å². The molecule has 5 heteroatoms. The highest BCUT2D eigenvalue weighted by Crippen LogP contribution is 2.32. The summed E-state index contributed by atoms with van der Waals surface area (Å²) in [4.78, 5) is 9.07. The first kappa shape index (κ1) is 20.4. The van der Waals surface area contributed by atoms with Crippen molar-refractivity contribution in [3.05, 3.63) is 54.1 Å². The van der Waals surface area contributed by atoms with Crippen LogP contribution in [0.5, 0.6) is 0 Å². The van der Waals surface area contributed by atoms with E-state index in [4.69, 9.17) is 4.99 Å². The molecule has 0 saturated heterocycles. The molecular weight excluding hydrogens is 346 g/mol. The van der Waals surface area contributed by atoms with Crippen molar-refractivity contribution in [3.8, 4) is 0 Å². The lowest BCUT2D eigenvalue weighted by atomic mass is 9.82. The number of guanidine groups is 1. The van der Waals surface area contributed by atoms with Gasteiger partial charge in [0.1, 0.15) is 5.82 Å². The Bertz CT molecular complexity index is 714. The van der Waals surface area contributed by atoms with Crippen LogP contribution in [0.4, 0.5) is 0 Å². The van der Waals surface area contributed by atoms with Crippen LogP contribution in [0.3, 0.4) is 0 Å². The van der Waals surface area contributed by atoms with E-state index < -0.39 is 0 Å². The first-order valence-corrected chi connectivity index (χ1v) is 10.8. The number of aryl methyl sites for hydroxylation is 2. The summed E-state index contributed by atoms with van der Waals surface area (Å²) in [5.41, 5.74) is 1.50. The minimum atomic E-state index is 0.534. The molecule has 1 aromatic heterocycles. The lowest BCUT2D eigenvalue weighted by Crippen LogP contribution is -2.44. The summed E-state index contributed by atoms with van der Waals surface area (Å²) in [6.07, 6.45) is 11.1. The minimum absolute atomic E-state index is 0.534. The molecule has 0 radical (unpaired) electrons. The number of nitrogens with zero attached hydrogens (tertiary/aromatic N) is 3. The van der Waals surface area contributed by atoms with Crippen molar-refractivity contribution >= 4 is 5.96 Å². The number of aromatic nitrogens is 2. The fraction of sp³-hybridized carbons (Fsp3) is 0.565. The molecule has 1 saturated carbocycles. The normalized spacial score (nSPS) is 20.1. The number of nitrogens with one attached hydrogen (secondary N) is 2. The number of aliphatic imine (C=N–C) groups is 1. The van der Waals surface area contributed by atoms with Crippen LogP contribution in [0.25, 0.3) is 0 Å². The van der Waals surface area contributed by atoms with Crippen molar-refractivity contribution in [3.63, 3.8) is 0 Å². The molecule has 5 nitrogen and oxygen atoms in total. The Kier molecular flexibility index (Phi) is 7.94. The van der Waals surface area contributed by atoms with Crippen LogP contribution in [0.2, 0.25) is 0 Å². The molecule has 152 valence electrons. The Morgan fingerprint density at radius 2 is 1.93 bits per heavy atom. The summed E-state index contributed by atoms with van der Waals surface area (Å²) in [5.74, 6) is 2.78. The fourth-order valence-electron chi connectivity index (χ4n) is 4.03. The molecule has 3 rings (SSSR count). The van der Waals surface area contributed by atoms with Gasteiger partial charge in [-0.1, -0.05) is 30.3 Å². The second-order valence-corrected chi connectivity index (χ2v) is 7.74. The Labute approximate surface area is 169 Å². The number of rotatable bonds is 8. The molecule has 0 atom stereocenters. The zero-order chi connectivity index (χ0) is 19.6. The Balaban J connectivity index is 1.40. The van der Waals surface area contributed by atoms with Crippen LogP contribution in [-0.4, -0.2) is 34.6 Å². The summed E-state index contributed by atoms with van der Waals surface area (Å²) in [5, 5.41) is 7.08. The molecule has 2 aromatic rings. The SMILES string of the molecule is CCNC(=NCCCCn1ccnc1C)NC1CCC(c2ccccc2)CC1. The molecule has 1 fully saturated rings. The van der Waals surface area contributed by atoms with E-state index in [1.807, 2.05) is 6.20 Å². The van der Waals surface area contributed by atoms with E-state index in [2.05, 4.69) is 70.6 Å². The third-order valence-corrected chi connectivity index (χ3v) is 5.68. The summed E-state index contributed by atoms with van der Waals surface area (Å²) in [7, 11) is 0. The van der Waals surface area contributed by atoms with E-state index in [-0.39, 0.29) is 0 Å². The van der Waals surface area contributed by atoms with Crippen LogP contribution in [0.1, 0.15) is 62.8 Å². The molecule has 2 N–H and O–H groups in total. The maximum absolute atomic E-state index is 4.80. The maximum atomic E-state index is 4.80. The van der Waals surface area contributed by atoms with Crippen LogP contribution in [0.15, 0.2) is 47.7 Å². The van der Waals surface area contributed by atoms with Gasteiger partial charge in [-0.05, 0) is 63.9 Å². The third-order valence-electron chi connectivity index (χ3n) is 5.68. The lowest BCUT2D eigenvalue weighted by Gasteiger charge is -2.30. The second kappa shape index (κ2) is 10.9. The van der Waals surface area contributed by atoms with E-state index in [1.54, 1.807) is 0 Å². The number of imidazole rings is 1. The standard InChI is InChI=1S/C23H35N5/c1-3-24-23(26-15-7-8-17-28-18-16-25-19(28)2)27-22-13-11-21(12-14-22)20-9-5-4-6-10-20/h4-6,9-10,16,18,21-22H,3,7-8,11-15,17H2,1-2H3,(H2,24,26,27). The molecule has 0 aliphatic heterocycles. The van der Waals surface area contributed by atoms with Crippen molar-refractivity contribution in [2.24, 2.45) is 4.99 Å². The third kappa shape index (κ3) is 6.11. The molecule has 0 unspecified atom stereocenters. The molecule has 1 aliphatic carbocycles. The van der Waals surface area contributed by atoms with Gasteiger partial charge in [-0.25, -0.2) is 4.98 Å². The quantitative estimate of drug-likeness (QED) is 0.408. The van der Waals surface area contributed by atoms with Crippen molar-refractivity contribution < 1.29 is 0 Å². The van der Waals surface area contributed by atoms with Crippen molar-refractivity contribution in [2.45, 2.75) is 70.9 Å². The van der Waals surface area contributed by atoms with Gasteiger partial charge < -0.3 is 15.2 Å². The Hall–Kier alpha value is -2.30. The summed E-state index contributed by atoms with van der Waals surface area (Å²) in [6.45, 7) is 6.97. The average Bonchev–Trinajstić information content (AvgIpc) is 3.14. The molecule has 1 aromatic carbocycles. The van der Waals surface area contributed by atoms with Crippen LogP contribution >= 0.6 is 0 Å². The molecule has 1 heterocycles. The molecule has 0 bridgehead atoms. The number of benzene rings is 1. The van der Waals surface area contributed by atoms with Crippen LogP contribution in [-0.2, 0) is 6.54 Å². The molecular formula is C23H35N5. The van der Waals surface area contributed by atoms with Gasteiger partial charge in [-0.15, -0.1) is 0 Å². The monoisotopic (exact) mass is 381 g/mol. The predicted molar refractivity (Wildman–Crippen MR) is 117 cm³/mol. The number of hydrogen-bond donors (Lipinski definition) is 2. The van der Waals surface area contributed by atoms with Gasteiger partial charge in [-0.2, -0.15) is 0 Å². The predicted octanol–water partition coefficient (Wildman–Crippen LogP) is 4.25. The van der Waals surface area contributed by atoms with Crippen LogP contribution in [0, 0.1) is 6.92 Å². The zero-order valence-corrected chi connectivity index (χ0v) is 17.4. The highest BCUT2D eigenvalue weighted by atomic mass is 15.2. The second-order valence-electron chi connectivity index (χ2n) is 7.74. The summed E-state index contributed by atoms with van der Waals surface area (Å²) >= 11 is 0. The van der Waals surface area contributed by atoms with Gasteiger partial charge in [0.05, 0.1) is 0 Å². The fourth-order valence-corrected chi connectivity index (χ4v) is 4.03. The van der Waals surface area contributed by atoms with Gasteiger partial charge in [0.25, 0.3) is 0 Å². The average molecular weight is 382 g/mol. The van der Waals surface area contributed by atoms with Gasteiger partial charge >= 0.3 is 0 Å². The molecule has 28 heavy (non-hydrogen) atoms. The van der Waals surface area contributed by atoms with Crippen molar-refractivity contribution in [2.75, 3.05) is 13.1 Å². The minimum Gasteiger partial charge on any atom is -0.357 e. The summed E-state index contributed by atoms with van der Waals surface area (Å²) < 4.78 is 2.21. The molecule has 0 amide bonds. The Morgan fingerprint density at radius 3 is 2.61 bits per heavy atom. The smallest absolute Gasteiger partial charge is 0.191 e. The van der Waals surface area contributed by atoms with E-state index in [9.17, 15) is 0 Å². The van der Waals surface area contributed by atoms with Gasteiger partial charge in [-0.3, -0.25) is 4.99 Å². The zero-order valence-electron chi connectivity index (χ0n) is 17.4. The van der Waals surface area contributed by atoms with Crippen molar-refractivity contribution in [1.82, 2.24) is 20.2 Å². The van der Waals surface area contributed by atoms with E-state index in [0.29, 0.717) is 12.0 Å². The Morgan fingerprint density at radius 1 is 1.14 bits per heavy atom. The van der Waals surface area contributed by atoms with Crippen molar-refractivity contribution in [1.29, 1.82) is 0 Å². The molecule has 1 aliphatic rings. The van der Waals surface area contributed by atoms with Crippen LogP contribution < -0.4 is 10.6 Å². The summed E-state index contributed by atoms with van der Waals surface area (Å²) in [6, 6.07) is 11.5. The van der Waals surface area contributed by atoms with E-state index in [1.165, 1.54) is 31.2 Å². The van der Waals surface area contributed by atoms with Gasteiger partial charge in [0.2, 0.25) is 0 Å². The lowest BCUT2D eigenvalue weighted by molar-refractivity contribution is 0.371.